The number of fused-ring (bicyclic) bond motifs is 1. The number of hydrogen-bond acceptors (Lipinski definition) is 6. The molecule has 5 aromatic rings. The Hall–Kier alpha value is -4.47. The molecule has 0 N–H and O–H groups in total. The van der Waals surface area contributed by atoms with Crippen LogP contribution in [0.15, 0.2) is 99.5 Å². The number of aromatic nitrogens is 1. The second-order valence-electron chi connectivity index (χ2n) is 7.54. The maximum atomic E-state index is 12.5. The third-order valence-electron chi connectivity index (χ3n) is 5.21. The van der Waals surface area contributed by atoms with Crippen LogP contribution in [0.3, 0.4) is 0 Å². The monoisotopic (exact) mass is 462 g/mol. The normalized spacial score (nSPS) is 11.3. The van der Waals surface area contributed by atoms with Gasteiger partial charge in [0, 0.05) is 10.8 Å². The third kappa shape index (κ3) is 4.65. The number of nitrogens with zero attached hydrogens (tertiary/aromatic N) is 2. The predicted molar refractivity (Wildman–Crippen MR) is 134 cm³/mol. The van der Waals surface area contributed by atoms with E-state index in [0.717, 1.165) is 22.3 Å². The molecule has 164 valence electrons. The van der Waals surface area contributed by atoms with Crippen molar-refractivity contribution in [1.29, 1.82) is 5.26 Å². The van der Waals surface area contributed by atoms with Gasteiger partial charge in [-0.05, 0) is 41.5 Å². The molecule has 0 bridgehead atoms. The number of benzene rings is 3. The van der Waals surface area contributed by atoms with Crippen LogP contribution in [0.4, 0.5) is 0 Å². The first-order valence-electron chi connectivity index (χ1n) is 10.6. The summed E-state index contributed by atoms with van der Waals surface area (Å²) in [6, 6.07) is 28.8. The van der Waals surface area contributed by atoms with Crippen molar-refractivity contribution in [1.82, 2.24) is 4.98 Å². The number of rotatable bonds is 6. The lowest BCUT2D eigenvalue weighted by atomic mass is 10.1. The van der Waals surface area contributed by atoms with Crippen molar-refractivity contribution in [3.05, 3.63) is 117 Å². The van der Waals surface area contributed by atoms with Gasteiger partial charge < -0.3 is 9.15 Å². The highest BCUT2D eigenvalue weighted by Crippen LogP contribution is 2.28. The van der Waals surface area contributed by atoms with Crippen molar-refractivity contribution in [2.24, 2.45) is 0 Å². The molecule has 0 aliphatic heterocycles. The minimum atomic E-state index is -0.455. The lowest BCUT2D eigenvalue weighted by Gasteiger charge is -2.06. The van der Waals surface area contributed by atoms with E-state index in [1.807, 2.05) is 72.8 Å². The molecule has 5 nitrogen and oxygen atoms in total. The van der Waals surface area contributed by atoms with E-state index in [9.17, 15) is 10.1 Å². The van der Waals surface area contributed by atoms with E-state index < -0.39 is 5.63 Å². The van der Waals surface area contributed by atoms with E-state index in [2.05, 4.69) is 11.1 Å². The van der Waals surface area contributed by atoms with E-state index in [-0.39, 0.29) is 0 Å². The molecule has 0 radical (unpaired) electrons. The van der Waals surface area contributed by atoms with E-state index in [4.69, 9.17) is 9.15 Å². The summed E-state index contributed by atoms with van der Waals surface area (Å²) in [5, 5.41) is 12.8. The number of ether oxygens (including phenoxy) is 1. The third-order valence-corrected chi connectivity index (χ3v) is 6.09. The van der Waals surface area contributed by atoms with Crippen LogP contribution in [0.2, 0.25) is 0 Å². The molecule has 0 fully saturated rings. The van der Waals surface area contributed by atoms with Gasteiger partial charge in [0.25, 0.3) is 0 Å². The second-order valence-corrected chi connectivity index (χ2v) is 8.39. The van der Waals surface area contributed by atoms with Crippen molar-refractivity contribution >= 4 is 34.0 Å². The van der Waals surface area contributed by atoms with Crippen LogP contribution in [-0.2, 0) is 6.61 Å². The number of thiazole rings is 1. The summed E-state index contributed by atoms with van der Waals surface area (Å²) < 4.78 is 11.2. The van der Waals surface area contributed by atoms with Gasteiger partial charge in [0.1, 0.15) is 29.0 Å². The van der Waals surface area contributed by atoms with Gasteiger partial charge in [0.05, 0.1) is 16.8 Å². The highest BCUT2D eigenvalue weighted by Gasteiger charge is 2.14. The molecule has 2 aromatic heterocycles. The first-order chi connectivity index (χ1) is 16.7. The summed E-state index contributed by atoms with van der Waals surface area (Å²) in [5.74, 6) is 0.749. The van der Waals surface area contributed by atoms with Gasteiger partial charge in [-0.1, -0.05) is 60.7 Å². The Morgan fingerprint density at radius 3 is 2.59 bits per heavy atom. The molecule has 0 spiro atoms. The standard InChI is InChI=1S/C28H18N2O3S/c29-16-22(14-19-10-12-23(13-11-19)32-17-20-6-2-1-3-7-20)27-30-25(18-34-27)24-15-21-8-4-5-9-26(21)33-28(24)31/h1-15,18H,17H2/b22-14-. The Kier molecular flexibility index (Phi) is 6.02. The Bertz CT molecular complexity index is 1580. The quantitative estimate of drug-likeness (QED) is 0.211. The molecular formula is C28H18N2O3S. The fraction of sp³-hybridized carbons (Fsp3) is 0.0357. The topological polar surface area (TPSA) is 76.1 Å². The zero-order valence-electron chi connectivity index (χ0n) is 18.0. The van der Waals surface area contributed by atoms with Gasteiger partial charge in [-0.25, -0.2) is 9.78 Å². The minimum Gasteiger partial charge on any atom is -0.489 e. The number of allylic oxidation sites excluding steroid dienone is 1. The second kappa shape index (κ2) is 9.57. The molecule has 0 saturated carbocycles. The summed E-state index contributed by atoms with van der Waals surface area (Å²) in [7, 11) is 0. The summed E-state index contributed by atoms with van der Waals surface area (Å²) in [4.78, 5) is 17.0. The highest BCUT2D eigenvalue weighted by atomic mass is 32.1. The van der Waals surface area contributed by atoms with Crippen LogP contribution in [0.5, 0.6) is 5.75 Å². The molecule has 3 aromatic carbocycles. The first kappa shape index (κ1) is 21.4. The van der Waals surface area contributed by atoms with Gasteiger partial charge in [0.2, 0.25) is 0 Å². The summed E-state index contributed by atoms with van der Waals surface area (Å²) >= 11 is 1.31. The lowest BCUT2D eigenvalue weighted by molar-refractivity contribution is 0.306. The average Bonchev–Trinajstić information content (AvgIpc) is 3.37. The molecule has 0 aliphatic rings. The van der Waals surface area contributed by atoms with Crippen molar-refractivity contribution < 1.29 is 9.15 Å². The van der Waals surface area contributed by atoms with Crippen molar-refractivity contribution in [2.45, 2.75) is 6.61 Å². The van der Waals surface area contributed by atoms with Gasteiger partial charge >= 0.3 is 5.63 Å². The van der Waals surface area contributed by atoms with Gasteiger partial charge in [-0.15, -0.1) is 11.3 Å². The van der Waals surface area contributed by atoms with E-state index in [1.54, 1.807) is 23.6 Å². The Labute approximate surface area is 199 Å². The maximum absolute atomic E-state index is 12.5. The lowest BCUT2D eigenvalue weighted by Crippen LogP contribution is -2.02. The molecule has 2 heterocycles. The zero-order valence-corrected chi connectivity index (χ0v) is 18.8. The predicted octanol–water partition coefficient (Wildman–Crippen LogP) is 6.56. The van der Waals surface area contributed by atoms with Crippen LogP contribution in [-0.4, -0.2) is 4.98 Å². The van der Waals surface area contributed by atoms with Gasteiger partial charge in [0.15, 0.2) is 0 Å². The average molecular weight is 463 g/mol. The minimum absolute atomic E-state index is 0.374. The number of hydrogen-bond donors (Lipinski definition) is 0. The SMILES string of the molecule is N#C/C(=C/c1ccc(OCc2ccccc2)cc1)c1nc(-c2cc3ccccc3oc2=O)cs1. The van der Waals surface area contributed by atoms with Crippen LogP contribution in [0.25, 0.3) is 33.9 Å². The molecule has 0 saturated heterocycles. The largest absolute Gasteiger partial charge is 0.489 e. The van der Waals surface area contributed by atoms with Gasteiger partial charge in [-0.3, -0.25) is 0 Å². The Morgan fingerprint density at radius 2 is 1.79 bits per heavy atom. The van der Waals surface area contributed by atoms with Crippen LogP contribution in [0.1, 0.15) is 16.1 Å². The molecular weight excluding hydrogens is 444 g/mol. The zero-order chi connectivity index (χ0) is 23.3. The van der Waals surface area contributed by atoms with E-state index in [1.165, 1.54) is 11.3 Å². The Morgan fingerprint density at radius 1 is 1.03 bits per heavy atom. The maximum Gasteiger partial charge on any atom is 0.345 e. The van der Waals surface area contributed by atoms with Gasteiger partial charge in [-0.2, -0.15) is 5.26 Å². The van der Waals surface area contributed by atoms with E-state index >= 15 is 0 Å². The van der Waals surface area contributed by atoms with Crippen LogP contribution in [0, 0.1) is 11.3 Å². The van der Waals surface area contributed by atoms with Crippen molar-refractivity contribution in [3.63, 3.8) is 0 Å². The smallest absolute Gasteiger partial charge is 0.345 e. The molecule has 0 unspecified atom stereocenters. The van der Waals surface area contributed by atoms with E-state index in [0.29, 0.717) is 34.0 Å². The molecule has 0 amide bonds. The van der Waals surface area contributed by atoms with Crippen molar-refractivity contribution in [2.75, 3.05) is 0 Å². The molecule has 5 rings (SSSR count). The number of nitriles is 1. The molecule has 0 aliphatic carbocycles. The highest BCUT2D eigenvalue weighted by molar-refractivity contribution is 7.11. The van der Waals surface area contributed by atoms with Crippen LogP contribution >= 0.6 is 11.3 Å². The first-order valence-corrected chi connectivity index (χ1v) is 11.5. The fourth-order valence-corrected chi connectivity index (χ4v) is 4.26. The summed E-state index contributed by atoms with van der Waals surface area (Å²) in [6.07, 6.45) is 1.77. The summed E-state index contributed by atoms with van der Waals surface area (Å²) in [6.45, 7) is 0.490. The van der Waals surface area contributed by atoms with Crippen molar-refractivity contribution in [3.8, 4) is 23.1 Å². The molecule has 34 heavy (non-hydrogen) atoms. The number of para-hydroxylation sites is 1. The summed E-state index contributed by atoms with van der Waals surface area (Å²) in [5.41, 5.74) is 3.30. The fourth-order valence-electron chi connectivity index (χ4n) is 3.47. The molecule has 6 heteroatoms. The molecule has 0 atom stereocenters. The van der Waals surface area contributed by atoms with Crippen LogP contribution < -0.4 is 10.4 Å². The Balaban J connectivity index is 1.36.